The summed E-state index contributed by atoms with van der Waals surface area (Å²) in [5, 5.41) is 0.541. The minimum absolute atomic E-state index is 0.0614. The summed E-state index contributed by atoms with van der Waals surface area (Å²) in [5.74, 6) is 0.242. The van der Waals surface area contributed by atoms with E-state index in [0.717, 1.165) is 5.56 Å². The average molecular weight is 363 g/mol. The fourth-order valence-electron chi connectivity index (χ4n) is 2.37. The Morgan fingerprint density at radius 3 is 2.68 bits per heavy atom. The van der Waals surface area contributed by atoms with Crippen LogP contribution in [0.2, 0.25) is 0 Å². The first-order chi connectivity index (χ1) is 12.0. The van der Waals surface area contributed by atoms with E-state index in [0.29, 0.717) is 22.9 Å². The molecule has 1 heterocycles. The lowest BCUT2D eigenvalue weighted by Crippen LogP contribution is -2.25. The maximum atomic E-state index is 12.2. The minimum atomic E-state index is -0.479. The first-order valence-electron chi connectivity index (χ1n) is 8.04. The summed E-state index contributed by atoms with van der Waals surface area (Å²) in [4.78, 5) is 37.1. The van der Waals surface area contributed by atoms with E-state index in [4.69, 9.17) is 9.47 Å². The highest BCUT2D eigenvalue weighted by molar-refractivity contribution is 8.04. The lowest BCUT2D eigenvalue weighted by atomic mass is 10.1. The van der Waals surface area contributed by atoms with Gasteiger partial charge in [0.1, 0.15) is 5.75 Å². The van der Waals surface area contributed by atoms with Gasteiger partial charge in [0, 0.05) is 11.1 Å². The minimum Gasteiger partial charge on any atom is -0.494 e. The van der Waals surface area contributed by atoms with Gasteiger partial charge in [-0.1, -0.05) is 11.8 Å². The molecule has 0 N–H and O–H groups in total. The molecule has 6 nitrogen and oxygen atoms in total. The number of rotatable bonds is 7. The predicted molar refractivity (Wildman–Crippen MR) is 95.3 cm³/mol. The molecule has 2 rings (SSSR count). The molecule has 0 bridgehead atoms. The molecule has 1 saturated heterocycles. The number of amides is 1. The van der Waals surface area contributed by atoms with E-state index in [2.05, 4.69) is 0 Å². The SMILES string of the molecule is CCOC(=O)/C=C1\SCC(=O)N1Cc1cc(C(C)=O)ccc1OCC. The maximum absolute atomic E-state index is 12.2. The van der Waals surface area contributed by atoms with Gasteiger partial charge in [-0.05, 0) is 39.0 Å². The van der Waals surface area contributed by atoms with Crippen molar-refractivity contribution in [1.82, 2.24) is 4.90 Å². The molecule has 1 amide bonds. The van der Waals surface area contributed by atoms with Crippen LogP contribution < -0.4 is 4.74 Å². The van der Waals surface area contributed by atoms with Crippen molar-refractivity contribution in [3.05, 3.63) is 40.4 Å². The number of carbonyl (C=O) groups is 3. The molecule has 1 aliphatic rings. The van der Waals surface area contributed by atoms with E-state index in [1.807, 2.05) is 6.92 Å². The summed E-state index contributed by atoms with van der Waals surface area (Å²) in [6, 6.07) is 5.16. The number of Topliss-reactive ketones (excluding diaryl/α,β-unsaturated/α-hetero) is 1. The molecule has 7 heteroatoms. The van der Waals surface area contributed by atoms with E-state index in [1.165, 1.54) is 29.7 Å². The highest BCUT2D eigenvalue weighted by atomic mass is 32.2. The fraction of sp³-hybridized carbons (Fsp3) is 0.389. The molecule has 0 aliphatic carbocycles. The molecule has 0 aromatic heterocycles. The Kier molecular flexibility index (Phi) is 6.64. The quantitative estimate of drug-likeness (QED) is 0.421. The number of hydrogen-bond donors (Lipinski definition) is 0. The van der Waals surface area contributed by atoms with Gasteiger partial charge in [0.25, 0.3) is 0 Å². The number of thioether (sulfide) groups is 1. The van der Waals surface area contributed by atoms with Crippen molar-refractivity contribution in [2.24, 2.45) is 0 Å². The van der Waals surface area contributed by atoms with E-state index in [1.54, 1.807) is 25.1 Å². The molecule has 0 atom stereocenters. The summed E-state index contributed by atoms with van der Waals surface area (Å²) in [6.07, 6.45) is 1.33. The Balaban J connectivity index is 2.31. The molecule has 134 valence electrons. The lowest BCUT2D eigenvalue weighted by Gasteiger charge is -2.19. The van der Waals surface area contributed by atoms with Crippen LogP contribution in [0.4, 0.5) is 0 Å². The zero-order valence-corrected chi connectivity index (χ0v) is 15.4. The Labute approximate surface area is 151 Å². The summed E-state index contributed by atoms with van der Waals surface area (Å²) in [7, 11) is 0. The summed E-state index contributed by atoms with van der Waals surface area (Å²) in [6.45, 7) is 6.06. The molecule has 1 aromatic rings. The number of ether oxygens (including phenoxy) is 2. The number of carbonyl (C=O) groups excluding carboxylic acids is 3. The fourth-order valence-corrected chi connectivity index (χ4v) is 3.30. The van der Waals surface area contributed by atoms with Crippen LogP contribution >= 0.6 is 11.8 Å². The third-order valence-corrected chi connectivity index (χ3v) is 4.56. The van der Waals surface area contributed by atoms with Gasteiger partial charge in [0.2, 0.25) is 5.91 Å². The molecular weight excluding hydrogens is 342 g/mol. The lowest BCUT2D eigenvalue weighted by molar-refractivity contribution is -0.137. The predicted octanol–water partition coefficient (Wildman–Crippen LogP) is 2.77. The van der Waals surface area contributed by atoms with E-state index < -0.39 is 5.97 Å². The second kappa shape index (κ2) is 8.71. The zero-order valence-electron chi connectivity index (χ0n) is 14.5. The number of esters is 1. The molecular formula is C18H21NO5S. The molecule has 1 fully saturated rings. The number of benzene rings is 1. The summed E-state index contributed by atoms with van der Waals surface area (Å²) >= 11 is 1.29. The molecule has 1 aromatic carbocycles. The first kappa shape index (κ1) is 19.1. The van der Waals surface area contributed by atoms with Gasteiger partial charge in [0.05, 0.1) is 36.6 Å². The van der Waals surface area contributed by atoms with Gasteiger partial charge < -0.3 is 14.4 Å². The normalized spacial score (nSPS) is 15.6. The van der Waals surface area contributed by atoms with Crippen LogP contribution in [-0.2, 0) is 20.9 Å². The maximum Gasteiger partial charge on any atom is 0.333 e. The van der Waals surface area contributed by atoms with Crippen LogP contribution in [0.15, 0.2) is 29.3 Å². The van der Waals surface area contributed by atoms with E-state index in [-0.39, 0.29) is 30.6 Å². The van der Waals surface area contributed by atoms with Gasteiger partial charge in [0.15, 0.2) is 5.78 Å². The van der Waals surface area contributed by atoms with Crippen molar-refractivity contribution in [2.75, 3.05) is 19.0 Å². The first-order valence-corrected chi connectivity index (χ1v) is 9.03. The van der Waals surface area contributed by atoms with Crippen LogP contribution in [0.3, 0.4) is 0 Å². The van der Waals surface area contributed by atoms with Crippen LogP contribution in [0, 0.1) is 0 Å². The molecule has 0 radical (unpaired) electrons. The smallest absolute Gasteiger partial charge is 0.333 e. The monoisotopic (exact) mass is 363 g/mol. The van der Waals surface area contributed by atoms with E-state index >= 15 is 0 Å². The van der Waals surface area contributed by atoms with Crippen molar-refractivity contribution in [3.63, 3.8) is 0 Å². The van der Waals surface area contributed by atoms with Gasteiger partial charge in [-0.3, -0.25) is 9.59 Å². The van der Waals surface area contributed by atoms with Crippen LogP contribution in [0.5, 0.6) is 5.75 Å². The molecule has 0 spiro atoms. The second-order valence-electron chi connectivity index (χ2n) is 5.31. The summed E-state index contributed by atoms with van der Waals surface area (Å²) < 4.78 is 10.5. The molecule has 0 unspecified atom stereocenters. The van der Waals surface area contributed by atoms with E-state index in [9.17, 15) is 14.4 Å². The standard InChI is InChI=1S/C18H21NO5S/c1-4-23-15-7-6-13(12(3)20)8-14(15)10-19-16(21)11-25-17(19)9-18(22)24-5-2/h6-9H,4-5,10-11H2,1-3H3/b17-9-. The Bertz CT molecular complexity index is 713. The van der Waals surface area contributed by atoms with Crippen molar-refractivity contribution in [2.45, 2.75) is 27.3 Å². The zero-order chi connectivity index (χ0) is 18.4. The van der Waals surface area contributed by atoms with Crippen molar-refractivity contribution >= 4 is 29.4 Å². The molecule has 25 heavy (non-hydrogen) atoms. The van der Waals surface area contributed by atoms with Crippen LogP contribution in [-0.4, -0.2) is 41.5 Å². The topological polar surface area (TPSA) is 72.9 Å². The second-order valence-corrected chi connectivity index (χ2v) is 6.31. The van der Waals surface area contributed by atoms with Crippen molar-refractivity contribution < 1.29 is 23.9 Å². The highest BCUT2D eigenvalue weighted by Crippen LogP contribution is 2.32. The third-order valence-electron chi connectivity index (χ3n) is 3.53. The Hall–Kier alpha value is -2.28. The average Bonchev–Trinajstić information content (AvgIpc) is 2.89. The van der Waals surface area contributed by atoms with Gasteiger partial charge in [-0.15, -0.1) is 0 Å². The number of hydrogen-bond acceptors (Lipinski definition) is 6. The van der Waals surface area contributed by atoms with Crippen LogP contribution in [0.25, 0.3) is 0 Å². The van der Waals surface area contributed by atoms with Gasteiger partial charge in [-0.2, -0.15) is 0 Å². The number of nitrogens with zero attached hydrogens (tertiary/aromatic N) is 1. The molecule has 0 saturated carbocycles. The van der Waals surface area contributed by atoms with Gasteiger partial charge >= 0.3 is 5.97 Å². The third kappa shape index (κ3) is 4.85. The van der Waals surface area contributed by atoms with Gasteiger partial charge in [-0.25, -0.2) is 4.79 Å². The number of ketones is 1. The molecule has 1 aliphatic heterocycles. The van der Waals surface area contributed by atoms with Crippen molar-refractivity contribution in [3.8, 4) is 5.75 Å². The Morgan fingerprint density at radius 1 is 1.28 bits per heavy atom. The largest absolute Gasteiger partial charge is 0.494 e. The Morgan fingerprint density at radius 2 is 2.04 bits per heavy atom. The van der Waals surface area contributed by atoms with Crippen LogP contribution in [0.1, 0.15) is 36.7 Å². The van der Waals surface area contributed by atoms with Crippen molar-refractivity contribution in [1.29, 1.82) is 0 Å². The highest BCUT2D eigenvalue weighted by Gasteiger charge is 2.28. The summed E-state index contributed by atoms with van der Waals surface area (Å²) in [5.41, 5.74) is 1.27.